The second kappa shape index (κ2) is 15.3. The maximum absolute atomic E-state index is 2.63. The molecule has 0 aliphatic heterocycles. The molecule has 0 aromatic heterocycles. The first-order valence-electron chi connectivity index (χ1n) is 11.9. The summed E-state index contributed by atoms with van der Waals surface area (Å²) >= 11 is 0. The Hall–Kier alpha value is 0.177. The molecule has 0 rings (SSSR count). The predicted octanol–water partition coefficient (Wildman–Crippen LogP) is 8.16. The Morgan fingerprint density at radius 2 is 0.840 bits per heavy atom. The summed E-state index contributed by atoms with van der Waals surface area (Å²) in [4.78, 5) is 0. The van der Waals surface area contributed by atoms with Gasteiger partial charge in [0.15, 0.2) is 0 Å². The van der Waals surface area contributed by atoms with Crippen molar-refractivity contribution in [1.82, 2.24) is 0 Å². The maximum Gasteiger partial charge on any atom is 0.284 e. The molecule has 0 spiro atoms. The summed E-state index contributed by atoms with van der Waals surface area (Å²) < 4.78 is 1.46. The third-order valence-corrected chi connectivity index (χ3v) is 13.8. The van der Waals surface area contributed by atoms with Crippen molar-refractivity contribution in [2.24, 2.45) is 0 Å². The van der Waals surface area contributed by atoms with Crippen molar-refractivity contribution in [1.29, 1.82) is 0 Å². The van der Waals surface area contributed by atoms with Gasteiger partial charge in [-0.2, -0.15) is 0 Å². The van der Waals surface area contributed by atoms with Gasteiger partial charge in [0.1, 0.15) is 0 Å². The molecule has 0 aliphatic carbocycles. The Kier molecular flexibility index (Phi) is 15.4. The molecule has 0 N–H and O–H groups in total. The summed E-state index contributed by atoms with van der Waals surface area (Å²) in [5.41, 5.74) is 0. The standard InChI is InChI=1S/C23H52NSi/c1-7-12-14-15-16-17-18-19-20-21-23-24(6,22-13-8-2)25(9-3,10-4)11-5/h7-23H2,1-6H3/q+1. The van der Waals surface area contributed by atoms with Crippen LogP contribution in [0.5, 0.6) is 0 Å². The molecule has 0 radical (unpaired) electrons. The van der Waals surface area contributed by atoms with Crippen molar-refractivity contribution in [3.05, 3.63) is 0 Å². The van der Waals surface area contributed by atoms with Crippen LogP contribution in [0.25, 0.3) is 0 Å². The summed E-state index contributed by atoms with van der Waals surface area (Å²) in [6.07, 6.45) is 17.3. The number of nitrogens with zero attached hydrogens (tertiary/aromatic N) is 1. The lowest BCUT2D eigenvalue weighted by Gasteiger charge is -2.50. The minimum absolute atomic E-state index is 1.16. The van der Waals surface area contributed by atoms with Crippen molar-refractivity contribution in [2.75, 3.05) is 20.1 Å². The van der Waals surface area contributed by atoms with Crippen molar-refractivity contribution in [2.45, 2.75) is 130 Å². The number of hydrogen-bond donors (Lipinski definition) is 0. The van der Waals surface area contributed by atoms with E-state index in [0.717, 1.165) is 0 Å². The SMILES string of the molecule is CCCCCCCCCCCC[N+](C)(CCCC)[Si](CC)(CC)CC. The fourth-order valence-corrected chi connectivity index (χ4v) is 9.99. The highest BCUT2D eigenvalue weighted by atomic mass is 28.3. The second-order valence-electron chi connectivity index (χ2n) is 8.66. The van der Waals surface area contributed by atoms with Gasteiger partial charge in [-0.1, -0.05) is 92.4 Å². The van der Waals surface area contributed by atoms with Crippen LogP contribution < -0.4 is 0 Å². The molecule has 0 heterocycles. The smallest absolute Gasteiger partial charge is 0.284 e. The highest BCUT2D eigenvalue weighted by Crippen LogP contribution is 2.32. The molecule has 1 atom stereocenters. The van der Waals surface area contributed by atoms with Gasteiger partial charge in [-0.15, -0.1) is 0 Å². The fourth-order valence-electron chi connectivity index (χ4n) is 4.94. The van der Waals surface area contributed by atoms with Gasteiger partial charge in [-0.3, -0.25) is 0 Å². The molecule has 0 amide bonds. The van der Waals surface area contributed by atoms with Gasteiger partial charge >= 0.3 is 0 Å². The molecule has 0 fully saturated rings. The first kappa shape index (κ1) is 25.2. The van der Waals surface area contributed by atoms with Gasteiger partial charge in [0.25, 0.3) is 8.24 Å². The number of rotatable bonds is 18. The molecule has 0 aromatic rings. The molecule has 0 saturated heterocycles. The molecule has 0 aromatic carbocycles. The zero-order valence-corrected chi connectivity index (χ0v) is 20.0. The summed E-state index contributed by atoms with van der Waals surface area (Å²) in [5, 5.41) is 0. The Balaban J connectivity index is 4.20. The number of hydrogen-bond acceptors (Lipinski definition) is 0. The van der Waals surface area contributed by atoms with E-state index in [2.05, 4.69) is 41.7 Å². The fraction of sp³-hybridized carbons (Fsp3) is 1.00. The quantitative estimate of drug-likeness (QED) is 0.169. The zero-order chi connectivity index (χ0) is 19.0. The molecule has 1 nitrogen and oxygen atoms in total. The van der Waals surface area contributed by atoms with Crippen LogP contribution in [0.4, 0.5) is 0 Å². The van der Waals surface area contributed by atoms with Crippen molar-refractivity contribution < 1.29 is 4.15 Å². The topological polar surface area (TPSA) is 0 Å². The van der Waals surface area contributed by atoms with Crippen molar-refractivity contribution >= 4 is 8.24 Å². The highest BCUT2D eigenvalue weighted by Gasteiger charge is 2.47. The first-order chi connectivity index (χ1) is 12.1. The van der Waals surface area contributed by atoms with Gasteiger partial charge in [-0.05, 0) is 37.4 Å². The third-order valence-electron chi connectivity index (χ3n) is 7.13. The van der Waals surface area contributed by atoms with E-state index in [1.807, 2.05) is 0 Å². The van der Waals surface area contributed by atoms with Gasteiger partial charge < -0.3 is 4.15 Å². The molecule has 152 valence electrons. The van der Waals surface area contributed by atoms with E-state index in [9.17, 15) is 0 Å². The third kappa shape index (κ3) is 9.09. The molecule has 0 saturated carbocycles. The summed E-state index contributed by atoms with van der Waals surface area (Å²) in [6, 6.07) is 4.41. The predicted molar refractivity (Wildman–Crippen MR) is 120 cm³/mol. The Morgan fingerprint density at radius 3 is 1.24 bits per heavy atom. The normalized spacial score (nSPS) is 14.6. The van der Waals surface area contributed by atoms with Crippen LogP contribution in [0.1, 0.15) is 112 Å². The average molecular weight is 371 g/mol. The molecular formula is C23H52NSi+. The zero-order valence-electron chi connectivity index (χ0n) is 19.0. The summed E-state index contributed by atoms with van der Waals surface area (Å²) in [7, 11) is 1.47. The van der Waals surface area contributed by atoms with Crippen LogP contribution in [-0.2, 0) is 0 Å². The minimum atomic E-state index is -1.16. The Labute approximate surface area is 162 Å². The van der Waals surface area contributed by atoms with Crippen LogP contribution in [0.2, 0.25) is 18.1 Å². The van der Waals surface area contributed by atoms with E-state index in [1.165, 1.54) is 112 Å². The van der Waals surface area contributed by atoms with Crippen molar-refractivity contribution in [3.8, 4) is 0 Å². The Bertz CT molecular complexity index is 280. The highest BCUT2D eigenvalue weighted by molar-refractivity contribution is 6.72. The van der Waals surface area contributed by atoms with Crippen LogP contribution in [0.15, 0.2) is 0 Å². The van der Waals surface area contributed by atoms with Crippen molar-refractivity contribution in [3.63, 3.8) is 0 Å². The first-order valence-corrected chi connectivity index (χ1v) is 14.5. The maximum atomic E-state index is 2.63. The van der Waals surface area contributed by atoms with E-state index >= 15 is 0 Å². The molecule has 0 aliphatic rings. The molecule has 0 bridgehead atoms. The van der Waals surface area contributed by atoms with E-state index in [0.29, 0.717) is 0 Å². The number of quaternary nitrogens is 1. The van der Waals surface area contributed by atoms with E-state index in [-0.39, 0.29) is 0 Å². The van der Waals surface area contributed by atoms with E-state index in [1.54, 1.807) is 0 Å². The van der Waals surface area contributed by atoms with Crippen LogP contribution >= 0.6 is 0 Å². The average Bonchev–Trinajstić information content (AvgIpc) is 2.63. The molecule has 1 unspecified atom stereocenters. The van der Waals surface area contributed by atoms with Gasteiger partial charge in [-0.25, -0.2) is 0 Å². The van der Waals surface area contributed by atoms with Crippen LogP contribution in [0, 0.1) is 0 Å². The molecule has 25 heavy (non-hydrogen) atoms. The lowest BCUT2D eigenvalue weighted by molar-refractivity contribution is -0.815. The van der Waals surface area contributed by atoms with Gasteiger partial charge in [0.05, 0.1) is 20.1 Å². The second-order valence-corrected chi connectivity index (χ2v) is 14.3. The summed E-state index contributed by atoms with van der Waals surface area (Å²) in [6.45, 7) is 15.0. The number of unbranched alkanes of at least 4 members (excludes halogenated alkanes) is 10. The monoisotopic (exact) mass is 370 g/mol. The lowest BCUT2D eigenvalue weighted by Crippen LogP contribution is -2.65. The minimum Gasteiger partial charge on any atom is -0.386 e. The Morgan fingerprint density at radius 1 is 0.480 bits per heavy atom. The van der Waals surface area contributed by atoms with Gasteiger partial charge in [0.2, 0.25) is 0 Å². The summed E-state index contributed by atoms with van der Waals surface area (Å²) in [5.74, 6) is 0. The van der Waals surface area contributed by atoms with Gasteiger partial charge in [0, 0.05) is 0 Å². The van der Waals surface area contributed by atoms with E-state index < -0.39 is 8.24 Å². The van der Waals surface area contributed by atoms with Crippen LogP contribution in [0.3, 0.4) is 0 Å². The van der Waals surface area contributed by atoms with Crippen LogP contribution in [-0.4, -0.2) is 32.5 Å². The van der Waals surface area contributed by atoms with E-state index in [4.69, 9.17) is 0 Å². The molecular weight excluding hydrogens is 318 g/mol. The molecule has 2 heteroatoms. The lowest BCUT2D eigenvalue weighted by atomic mass is 10.1. The largest absolute Gasteiger partial charge is 0.386 e.